The van der Waals surface area contributed by atoms with E-state index in [9.17, 15) is 13.2 Å². The first-order valence-electron chi connectivity index (χ1n) is 9.11. The Balaban J connectivity index is 1.57. The monoisotopic (exact) mass is 412 g/mol. The summed E-state index contributed by atoms with van der Waals surface area (Å²) in [6.07, 6.45) is 1.81. The van der Waals surface area contributed by atoms with Gasteiger partial charge in [-0.2, -0.15) is 13.1 Å². The fraction of sp³-hybridized carbons (Fsp3) is 0.588. The van der Waals surface area contributed by atoms with Gasteiger partial charge in [-0.1, -0.05) is 6.07 Å². The molecule has 0 bridgehead atoms. The first-order chi connectivity index (χ1) is 13.0. The lowest BCUT2D eigenvalue weighted by molar-refractivity contribution is -0.126. The molecule has 1 saturated heterocycles. The molecule has 1 aromatic heterocycles. The lowest BCUT2D eigenvalue weighted by Gasteiger charge is -2.30. The SMILES string of the molecule is CCOCCCNC(=O)C1CCN(S(=O)(=O)c2cccc3nsnc23)CC1. The highest BCUT2D eigenvalue weighted by atomic mass is 32.2. The zero-order chi connectivity index (χ0) is 19.3. The summed E-state index contributed by atoms with van der Waals surface area (Å²) in [5.41, 5.74) is 0.999. The van der Waals surface area contributed by atoms with Gasteiger partial charge in [-0.15, -0.1) is 0 Å². The van der Waals surface area contributed by atoms with Crippen LogP contribution in [0.15, 0.2) is 23.1 Å². The quantitative estimate of drug-likeness (QED) is 0.662. The number of piperidine rings is 1. The van der Waals surface area contributed by atoms with E-state index in [4.69, 9.17) is 4.74 Å². The van der Waals surface area contributed by atoms with Crippen LogP contribution in [0.4, 0.5) is 0 Å². The predicted molar refractivity (Wildman–Crippen MR) is 103 cm³/mol. The third kappa shape index (κ3) is 4.63. The van der Waals surface area contributed by atoms with Crippen molar-refractivity contribution in [2.24, 2.45) is 5.92 Å². The first-order valence-corrected chi connectivity index (χ1v) is 11.3. The van der Waals surface area contributed by atoms with Gasteiger partial charge in [0.25, 0.3) is 0 Å². The number of hydrogen-bond donors (Lipinski definition) is 1. The maximum atomic E-state index is 13.0. The number of aromatic nitrogens is 2. The van der Waals surface area contributed by atoms with Gasteiger partial charge in [0.1, 0.15) is 15.9 Å². The number of nitrogens with zero attached hydrogens (tertiary/aromatic N) is 3. The van der Waals surface area contributed by atoms with Gasteiger partial charge in [0.2, 0.25) is 15.9 Å². The van der Waals surface area contributed by atoms with Gasteiger partial charge in [0, 0.05) is 38.8 Å². The molecule has 1 fully saturated rings. The smallest absolute Gasteiger partial charge is 0.245 e. The van der Waals surface area contributed by atoms with Gasteiger partial charge in [0.15, 0.2) is 0 Å². The zero-order valence-electron chi connectivity index (χ0n) is 15.3. The summed E-state index contributed by atoms with van der Waals surface area (Å²) in [6, 6.07) is 5.00. The molecule has 0 aliphatic carbocycles. The largest absolute Gasteiger partial charge is 0.382 e. The van der Waals surface area contributed by atoms with Gasteiger partial charge in [-0.05, 0) is 38.3 Å². The maximum absolute atomic E-state index is 13.0. The van der Waals surface area contributed by atoms with E-state index >= 15 is 0 Å². The van der Waals surface area contributed by atoms with Crippen molar-refractivity contribution in [3.63, 3.8) is 0 Å². The highest BCUT2D eigenvalue weighted by molar-refractivity contribution is 7.89. The Morgan fingerprint density at radius 3 is 2.85 bits per heavy atom. The molecular formula is C17H24N4O4S2. The van der Waals surface area contributed by atoms with E-state index < -0.39 is 10.0 Å². The summed E-state index contributed by atoms with van der Waals surface area (Å²) in [6.45, 7) is 4.47. The average Bonchev–Trinajstić information content (AvgIpc) is 3.16. The van der Waals surface area contributed by atoms with Crippen LogP contribution in [-0.2, 0) is 19.6 Å². The molecule has 1 amide bonds. The molecule has 1 aliphatic heterocycles. The van der Waals surface area contributed by atoms with Crippen molar-refractivity contribution >= 4 is 38.7 Å². The van der Waals surface area contributed by atoms with Crippen LogP contribution in [0.5, 0.6) is 0 Å². The molecule has 27 heavy (non-hydrogen) atoms. The molecule has 1 aliphatic rings. The lowest BCUT2D eigenvalue weighted by atomic mass is 9.97. The number of nitrogens with one attached hydrogen (secondary N) is 1. The molecule has 0 atom stereocenters. The highest BCUT2D eigenvalue weighted by Gasteiger charge is 2.33. The summed E-state index contributed by atoms with van der Waals surface area (Å²) in [7, 11) is -3.65. The number of sulfonamides is 1. The first kappa shape index (κ1) is 20.1. The van der Waals surface area contributed by atoms with Crippen LogP contribution in [0.3, 0.4) is 0 Å². The standard InChI is InChI=1S/C17H24N4O4S2/c1-2-25-12-4-9-18-17(22)13-7-10-21(11-8-13)27(23,24)15-6-3-5-14-16(15)20-26-19-14/h3,5-6,13H,2,4,7-12H2,1H3,(H,18,22). The van der Waals surface area contributed by atoms with E-state index in [1.54, 1.807) is 18.2 Å². The van der Waals surface area contributed by atoms with E-state index in [0.29, 0.717) is 56.7 Å². The maximum Gasteiger partial charge on any atom is 0.245 e. The molecule has 10 heteroatoms. The molecule has 2 aromatic rings. The molecule has 0 saturated carbocycles. The summed E-state index contributed by atoms with van der Waals surface area (Å²) < 4.78 is 40.9. The van der Waals surface area contributed by atoms with Gasteiger partial charge < -0.3 is 10.1 Å². The number of carbonyl (C=O) groups excluding carboxylic acids is 1. The van der Waals surface area contributed by atoms with Crippen LogP contribution < -0.4 is 5.32 Å². The number of benzene rings is 1. The average molecular weight is 413 g/mol. The van der Waals surface area contributed by atoms with E-state index in [-0.39, 0.29) is 16.7 Å². The van der Waals surface area contributed by atoms with Crippen LogP contribution in [-0.4, -0.2) is 60.2 Å². The van der Waals surface area contributed by atoms with Crippen molar-refractivity contribution in [2.75, 3.05) is 32.8 Å². The second-order valence-electron chi connectivity index (χ2n) is 6.41. The number of ether oxygens (including phenoxy) is 1. The minimum Gasteiger partial charge on any atom is -0.382 e. The fourth-order valence-corrected chi connectivity index (χ4v) is 5.38. The Kier molecular flexibility index (Phi) is 6.74. The summed E-state index contributed by atoms with van der Waals surface area (Å²) in [5, 5.41) is 2.91. The molecular weight excluding hydrogens is 388 g/mol. The molecule has 2 heterocycles. The van der Waals surface area contributed by atoms with Crippen molar-refractivity contribution in [2.45, 2.75) is 31.1 Å². The second-order valence-corrected chi connectivity index (χ2v) is 8.84. The normalized spacial score (nSPS) is 16.6. The Bertz CT molecular complexity index is 876. The van der Waals surface area contributed by atoms with Crippen molar-refractivity contribution in [1.29, 1.82) is 0 Å². The summed E-state index contributed by atoms with van der Waals surface area (Å²) in [4.78, 5) is 12.4. The third-order valence-corrected chi connectivity index (χ3v) is 7.13. The van der Waals surface area contributed by atoms with Crippen LogP contribution in [0.1, 0.15) is 26.2 Å². The number of hydrogen-bond acceptors (Lipinski definition) is 7. The minimum atomic E-state index is -3.65. The molecule has 3 rings (SSSR count). The fourth-order valence-electron chi connectivity index (χ4n) is 3.16. The van der Waals surface area contributed by atoms with Crippen LogP contribution >= 0.6 is 11.7 Å². The van der Waals surface area contributed by atoms with Crippen LogP contribution in [0, 0.1) is 5.92 Å². The molecule has 0 radical (unpaired) electrons. The van der Waals surface area contributed by atoms with E-state index in [2.05, 4.69) is 14.1 Å². The number of rotatable bonds is 8. The summed E-state index contributed by atoms with van der Waals surface area (Å²) >= 11 is 1.00. The van der Waals surface area contributed by atoms with E-state index in [1.165, 1.54) is 4.31 Å². The number of carbonyl (C=O) groups is 1. The van der Waals surface area contributed by atoms with Crippen LogP contribution in [0.25, 0.3) is 11.0 Å². The lowest BCUT2D eigenvalue weighted by Crippen LogP contribution is -2.43. The van der Waals surface area contributed by atoms with E-state index in [0.717, 1.165) is 18.1 Å². The van der Waals surface area contributed by atoms with Gasteiger partial charge in [0.05, 0.1) is 11.7 Å². The van der Waals surface area contributed by atoms with Gasteiger partial charge in [-0.25, -0.2) is 8.42 Å². The minimum absolute atomic E-state index is 0.00523. The zero-order valence-corrected chi connectivity index (χ0v) is 16.9. The number of fused-ring (bicyclic) bond motifs is 1. The van der Waals surface area contributed by atoms with Gasteiger partial charge >= 0.3 is 0 Å². The Hall–Kier alpha value is -1.62. The Morgan fingerprint density at radius 2 is 2.11 bits per heavy atom. The number of amides is 1. The topological polar surface area (TPSA) is 101 Å². The molecule has 0 spiro atoms. The van der Waals surface area contributed by atoms with Crippen molar-refractivity contribution in [3.8, 4) is 0 Å². The third-order valence-electron chi connectivity index (χ3n) is 4.66. The highest BCUT2D eigenvalue weighted by Crippen LogP contribution is 2.28. The second kappa shape index (κ2) is 9.05. The van der Waals surface area contributed by atoms with E-state index in [1.807, 2.05) is 6.92 Å². The predicted octanol–water partition coefficient (Wildman–Crippen LogP) is 1.63. The van der Waals surface area contributed by atoms with Crippen LogP contribution in [0.2, 0.25) is 0 Å². The molecule has 1 N–H and O–H groups in total. The molecule has 0 unspecified atom stereocenters. The molecule has 8 nitrogen and oxygen atoms in total. The Labute approximate surface area is 163 Å². The van der Waals surface area contributed by atoms with Crippen molar-refractivity contribution in [3.05, 3.63) is 18.2 Å². The molecule has 1 aromatic carbocycles. The summed E-state index contributed by atoms with van der Waals surface area (Å²) in [5.74, 6) is -0.158. The molecule has 148 valence electrons. The Morgan fingerprint density at radius 1 is 1.33 bits per heavy atom. The van der Waals surface area contributed by atoms with Crippen molar-refractivity contribution in [1.82, 2.24) is 18.4 Å². The van der Waals surface area contributed by atoms with Gasteiger partial charge in [-0.3, -0.25) is 4.79 Å². The van der Waals surface area contributed by atoms with Crippen molar-refractivity contribution < 1.29 is 17.9 Å².